The molecule has 4 heteroatoms. The number of likely N-dealkylation sites (N-methyl/N-ethyl adjacent to an activating group) is 1. The highest BCUT2D eigenvalue weighted by Gasteiger charge is 2.14. The largest absolute Gasteiger partial charge is 0.386 e. The van der Waals surface area contributed by atoms with Gasteiger partial charge in [0.25, 0.3) is 0 Å². The average molecular weight is 263 g/mol. The Bertz CT molecular complexity index is 559. The number of rotatable bonds is 4. The molecular formula is C15H15F2NO. The molecule has 1 unspecified atom stereocenters. The lowest BCUT2D eigenvalue weighted by atomic mass is 10.1. The Morgan fingerprint density at radius 1 is 1.11 bits per heavy atom. The van der Waals surface area contributed by atoms with Crippen molar-refractivity contribution in [3.63, 3.8) is 0 Å². The third-order valence-corrected chi connectivity index (χ3v) is 2.96. The second-order valence-corrected chi connectivity index (χ2v) is 4.40. The number of halogens is 2. The molecule has 0 bridgehead atoms. The van der Waals surface area contributed by atoms with Crippen molar-refractivity contribution in [1.82, 2.24) is 0 Å². The van der Waals surface area contributed by atoms with Gasteiger partial charge in [-0.15, -0.1) is 0 Å². The van der Waals surface area contributed by atoms with Gasteiger partial charge in [-0.3, -0.25) is 0 Å². The Kier molecular flexibility index (Phi) is 4.12. The molecule has 0 fully saturated rings. The van der Waals surface area contributed by atoms with Crippen LogP contribution in [0.4, 0.5) is 14.5 Å². The molecule has 0 spiro atoms. The molecule has 19 heavy (non-hydrogen) atoms. The first kappa shape index (κ1) is 13.5. The molecule has 2 rings (SSSR count). The lowest BCUT2D eigenvalue weighted by molar-refractivity contribution is 0.180. The highest BCUT2D eigenvalue weighted by molar-refractivity contribution is 5.46. The van der Waals surface area contributed by atoms with Crippen LogP contribution in [0.1, 0.15) is 11.7 Å². The lowest BCUT2D eigenvalue weighted by Crippen LogP contribution is -2.24. The fourth-order valence-corrected chi connectivity index (χ4v) is 1.92. The zero-order chi connectivity index (χ0) is 13.8. The van der Waals surface area contributed by atoms with E-state index in [-0.39, 0.29) is 17.9 Å². The Labute approximate surface area is 110 Å². The summed E-state index contributed by atoms with van der Waals surface area (Å²) in [5.74, 6) is -0.785. The van der Waals surface area contributed by atoms with Gasteiger partial charge in [0, 0.05) is 24.8 Å². The van der Waals surface area contributed by atoms with Gasteiger partial charge in [-0.2, -0.15) is 0 Å². The van der Waals surface area contributed by atoms with E-state index in [0.29, 0.717) is 5.69 Å². The van der Waals surface area contributed by atoms with Gasteiger partial charge < -0.3 is 10.0 Å². The molecule has 0 saturated carbocycles. The first-order valence-electron chi connectivity index (χ1n) is 5.97. The van der Waals surface area contributed by atoms with Gasteiger partial charge in [0.2, 0.25) is 0 Å². The van der Waals surface area contributed by atoms with E-state index in [1.807, 2.05) is 0 Å². The number of hydrogen-bond acceptors (Lipinski definition) is 2. The molecule has 1 atom stereocenters. The first-order chi connectivity index (χ1) is 9.08. The topological polar surface area (TPSA) is 23.5 Å². The van der Waals surface area contributed by atoms with Crippen molar-refractivity contribution in [2.24, 2.45) is 0 Å². The number of aliphatic hydroxyl groups excluding tert-OH is 1. The van der Waals surface area contributed by atoms with Gasteiger partial charge in [0.15, 0.2) is 0 Å². The summed E-state index contributed by atoms with van der Waals surface area (Å²) in [6.07, 6.45) is -0.963. The molecule has 100 valence electrons. The van der Waals surface area contributed by atoms with Gasteiger partial charge in [0.1, 0.15) is 11.6 Å². The molecule has 2 aromatic carbocycles. The smallest absolute Gasteiger partial charge is 0.129 e. The molecule has 0 aliphatic carbocycles. The predicted octanol–water partition coefficient (Wildman–Crippen LogP) is 3.13. The summed E-state index contributed by atoms with van der Waals surface area (Å²) in [6, 6.07) is 12.1. The van der Waals surface area contributed by atoms with E-state index in [1.165, 1.54) is 18.2 Å². The summed E-state index contributed by atoms with van der Waals surface area (Å²) < 4.78 is 26.6. The van der Waals surface area contributed by atoms with Crippen molar-refractivity contribution >= 4 is 5.69 Å². The van der Waals surface area contributed by atoms with Crippen LogP contribution in [0.15, 0.2) is 48.5 Å². The van der Waals surface area contributed by atoms with E-state index in [9.17, 15) is 13.9 Å². The third kappa shape index (κ3) is 3.29. The van der Waals surface area contributed by atoms with Crippen LogP contribution in [-0.4, -0.2) is 18.7 Å². The van der Waals surface area contributed by atoms with Crippen molar-refractivity contribution in [2.75, 3.05) is 18.5 Å². The van der Waals surface area contributed by atoms with E-state index >= 15 is 0 Å². The summed E-state index contributed by atoms with van der Waals surface area (Å²) in [6.45, 7) is 0.185. The molecule has 2 aromatic rings. The fourth-order valence-electron chi connectivity index (χ4n) is 1.92. The van der Waals surface area contributed by atoms with E-state index in [4.69, 9.17) is 0 Å². The summed E-state index contributed by atoms with van der Waals surface area (Å²) in [7, 11) is 1.72. The number of hydrogen-bond donors (Lipinski definition) is 1. The van der Waals surface area contributed by atoms with Crippen LogP contribution in [0.2, 0.25) is 0 Å². The SMILES string of the molecule is CN(CC(O)c1ccccc1F)c1cccc(F)c1. The van der Waals surface area contributed by atoms with Crippen LogP contribution in [0.3, 0.4) is 0 Å². The average Bonchev–Trinajstić information content (AvgIpc) is 2.39. The van der Waals surface area contributed by atoms with Crippen molar-refractivity contribution in [3.8, 4) is 0 Å². The predicted molar refractivity (Wildman–Crippen MR) is 71.0 cm³/mol. The van der Waals surface area contributed by atoms with Crippen molar-refractivity contribution < 1.29 is 13.9 Å². The summed E-state index contributed by atoms with van der Waals surface area (Å²) in [5.41, 5.74) is 0.876. The molecular weight excluding hydrogens is 248 g/mol. The minimum atomic E-state index is -0.963. The Morgan fingerprint density at radius 2 is 1.84 bits per heavy atom. The highest BCUT2D eigenvalue weighted by atomic mass is 19.1. The monoisotopic (exact) mass is 263 g/mol. The molecule has 0 radical (unpaired) electrons. The van der Waals surface area contributed by atoms with Gasteiger partial charge in [-0.05, 0) is 24.3 Å². The summed E-state index contributed by atoms with van der Waals surface area (Å²) >= 11 is 0. The van der Waals surface area contributed by atoms with Crippen molar-refractivity contribution in [1.29, 1.82) is 0 Å². The fraction of sp³-hybridized carbons (Fsp3) is 0.200. The second kappa shape index (κ2) is 5.80. The summed E-state index contributed by atoms with van der Waals surface area (Å²) in [4.78, 5) is 1.68. The van der Waals surface area contributed by atoms with E-state index < -0.39 is 11.9 Å². The van der Waals surface area contributed by atoms with Crippen LogP contribution in [-0.2, 0) is 0 Å². The zero-order valence-electron chi connectivity index (χ0n) is 10.6. The second-order valence-electron chi connectivity index (χ2n) is 4.40. The molecule has 1 N–H and O–H groups in total. The standard InChI is InChI=1S/C15H15F2NO/c1-18(12-6-4-5-11(16)9-12)10-15(19)13-7-2-3-8-14(13)17/h2-9,15,19H,10H2,1H3. The zero-order valence-corrected chi connectivity index (χ0v) is 10.6. The Hall–Kier alpha value is -1.94. The number of benzene rings is 2. The minimum Gasteiger partial charge on any atom is -0.386 e. The quantitative estimate of drug-likeness (QED) is 0.916. The molecule has 2 nitrogen and oxygen atoms in total. The summed E-state index contributed by atoms with van der Waals surface area (Å²) in [5, 5.41) is 10.0. The maximum atomic E-state index is 13.5. The van der Waals surface area contributed by atoms with Crippen LogP contribution >= 0.6 is 0 Å². The normalized spacial score (nSPS) is 12.2. The van der Waals surface area contributed by atoms with Crippen LogP contribution in [0.5, 0.6) is 0 Å². The highest BCUT2D eigenvalue weighted by Crippen LogP contribution is 2.21. The first-order valence-corrected chi connectivity index (χ1v) is 5.97. The van der Waals surface area contributed by atoms with Crippen LogP contribution in [0, 0.1) is 11.6 Å². The van der Waals surface area contributed by atoms with Crippen molar-refractivity contribution in [2.45, 2.75) is 6.10 Å². The Balaban J connectivity index is 2.11. The molecule has 0 amide bonds. The number of nitrogens with zero attached hydrogens (tertiary/aromatic N) is 1. The number of anilines is 1. The number of aliphatic hydroxyl groups is 1. The van der Waals surface area contributed by atoms with Gasteiger partial charge in [-0.1, -0.05) is 24.3 Å². The minimum absolute atomic E-state index is 0.185. The molecule has 0 heterocycles. The maximum Gasteiger partial charge on any atom is 0.129 e. The molecule has 0 saturated heterocycles. The van der Waals surface area contributed by atoms with Gasteiger partial charge in [-0.25, -0.2) is 8.78 Å². The van der Waals surface area contributed by atoms with E-state index in [2.05, 4.69) is 0 Å². The van der Waals surface area contributed by atoms with Gasteiger partial charge in [0.05, 0.1) is 6.10 Å². The molecule has 0 aliphatic heterocycles. The van der Waals surface area contributed by atoms with E-state index in [0.717, 1.165) is 0 Å². The van der Waals surface area contributed by atoms with Gasteiger partial charge >= 0.3 is 0 Å². The van der Waals surface area contributed by atoms with Crippen LogP contribution in [0.25, 0.3) is 0 Å². The molecule has 0 aliphatic rings. The molecule has 0 aromatic heterocycles. The third-order valence-electron chi connectivity index (χ3n) is 2.96. The maximum absolute atomic E-state index is 13.5. The van der Waals surface area contributed by atoms with Crippen LogP contribution < -0.4 is 4.90 Å². The van der Waals surface area contributed by atoms with Crippen molar-refractivity contribution in [3.05, 3.63) is 65.7 Å². The Morgan fingerprint density at radius 3 is 2.53 bits per heavy atom. The lowest BCUT2D eigenvalue weighted by Gasteiger charge is -2.23. The van der Waals surface area contributed by atoms with E-state index in [1.54, 1.807) is 42.3 Å².